The highest BCUT2D eigenvalue weighted by atomic mass is 16.5. The number of methoxy groups -OCH3 is 1. The zero-order chi connectivity index (χ0) is 19.3. The predicted molar refractivity (Wildman–Crippen MR) is 95.2 cm³/mol. The van der Waals surface area contributed by atoms with Gasteiger partial charge in [-0.1, -0.05) is 0 Å². The van der Waals surface area contributed by atoms with Crippen LogP contribution in [0.5, 0.6) is 5.75 Å². The summed E-state index contributed by atoms with van der Waals surface area (Å²) >= 11 is 0. The molecule has 1 unspecified atom stereocenters. The molecule has 0 radical (unpaired) electrons. The van der Waals surface area contributed by atoms with Crippen molar-refractivity contribution in [2.75, 3.05) is 7.11 Å². The number of nitrogens with two attached hydrogens (primary N) is 2. The van der Waals surface area contributed by atoms with Crippen molar-refractivity contribution in [3.63, 3.8) is 0 Å². The number of benzene rings is 1. The van der Waals surface area contributed by atoms with Crippen molar-refractivity contribution in [2.45, 2.75) is 37.8 Å². The predicted octanol–water partition coefficient (Wildman–Crippen LogP) is 0.823. The fraction of sp³-hybridized carbons (Fsp3) is 0.389. The van der Waals surface area contributed by atoms with Crippen LogP contribution < -0.4 is 21.8 Å². The molecule has 0 saturated heterocycles. The van der Waals surface area contributed by atoms with Gasteiger partial charge in [-0.2, -0.15) is 0 Å². The van der Waals surface area contributed by atoms with Crippen LogP contribution in [-0.2, 0) is 16.0 Å². The Labute approximate surface area is 149 Å². The van der Waals surface area contributed by atoms with E-state index in [1.807, 2.05) is 0 Å². The van der Waals surface area contributed by atoms with E-state index in [0.29, 0.717) is 35.1 Å². The van der Waals surface area contributed by atoms with Gasteiger partial charge in [0.05, 0.1) is 13.2 Å². The molecule has 140 valence electrons. The molecular formula is C18H22N2O6. The first kappa shape index (κ1) is 19.6. The number of hydrogen-bond donors (Lipinski definition) is 3. The van der Waals surface area contributed by atoms with Crippen molar-refractivity contribution in [2.24, 2.45) is 11.5 Å². The van der Waals surface area contributed by atoms with Crippen LogP contribution in [0.4, 0.5) is 0 Å². The number of carboxylic acids is 1. The maximum atomic E-state index is 12.4. The Morgan fingerprint density at radius 1 is 1.19 bits per heavy atom. The Bertz CT molecular complexity index is 860. The van der Waals surface area contributed by atoms with Gasteiger partial charge in [-0.3, -0.25) is 9.59 Å². The Morgan fingerprint density at radius 3 is 2.54 bits per heavy atom. The minimum Gasteiger partial charge on any atom is -0.497 e. The van der Waals surface area contributed by atoms with Crippen molar-refractivity contribution in [3.05, 3.63) is 40.2 Å². The number of hydrogen-bond acceptors (Lipinski definition) is 7. The minimum absolute atomic E-state index is 0.0133. The third kappa shape index (κ3) is 4.90. The van der Waals surface area contributed by atoms with Gasteiger partial charge >= 0.3 is 11.6 Å². The van der Waals surface area contributed by atoms with Crippen molar-refractivity contribution in [1.29, 1.82) is 0 Å². The standard InChI is InChI=1S/C18H22N2O6/c1-25-11-5-6-12-10(8-17(22)26-16(12)9-11)7-15(21)13(19)3-2-4-14(20)18(23)24/h5-6,8-9,13-14H,2-4,7,19-20H2,1H3,(H,23,24)/t13?,14-/m0/s1. The van der Waals surface area contributed by atoms with Gasteiger partial charge in [-0.25, -0.2) is 4.79 Å². The van der Waals surface area contributed by atoms with E-state index in [1.54, 1.807) is 18.2 Å². The molecule has 5 N–H and O–H groups in total. The molecule has 1 aromatic heterocycles. The fourth-order valence-electron chi connectivity index (χ4n) is 2.64. The normalized spacial score (nSPS) is 13.3. The van der Waals surface area contributed by atoms with Crippen molar-refractivity contribution in [1.82, 2.24) is 0 Å². The van der Waals surface area contributed by atoms with Gasteiger partial charge in [0.2, 0.25) is 0 Å². The minimum atomic E-state index is -1.08. The van der Waals surface area contributed by atoms with Gasteiger partial charge in [-0.15, -0.1) is 0 Å². The highest BCUT2D eigenvalue weighted by Crippen LogP contribution is 2.23. The molecule has 2 rings (SSSR count). The summed E-state index contributed by atoms with van der Waals surface area (Å²) in [6.07, 6.45) is 0.983. The summed E-state index contributed by atoms with van der Waals surface area (Å²) in [6.45, 7) is 0. The molecule has 0 fully saturated rings. The number of carboxylic acid groups (broad SMARTS) is 1. The second kappa shape index (κ2) is 8.59. The van der Waals surface area contributed by atoms with Crippen LogP contribution >= 0.6 is 0 Å². The van der Waals surface area contributed by atoms with E-state index < -0.39 is 23.7 Å². The van der Waals surface area contributed by atoms with E-state index in [9.17, 15) is 14.4 Å². The number of carbonyl (C=O) groups excluding carboxylic acids is 1. The van der Waals surface area contributed by atoms with Gasteiger partial charge in [0, 0.05) is 23.9 Å². The smallest absolute Gasteiger partial charge is 0.336 e. The number of rotatable bonds is 9. The molecule has 2 aromatic rings. The summed E-state index contributed by atoms with van der Waals surface area (Å²) in [4.78, 5) is 34.8. The maximum Gasteiger partial charge on any atom is 0.336 e. The number of Topliss-reactive ketones (excluding diaryl/α,β-unsaturated/α-hetero) is 1. The van der Waals surface area contributed by atoms with Gasteiger partial charge in [0.1, 0.15) is 17.4 Å². The molecule has 0 bridgehead atoms. The van der Waals surface area contributed by atoms with E-state index in [4.69, 9.17) is 25.7 Å². The summed E-state index contributed by atoms with van der Waals surface area (Å²) < 4.78 is 10.3. The lowest BCUT2D eigenvalue weighted by Crippen LogP contribution is -2.34. The first-order chi connectivity index (χ1) is 12.3. The fourth-order valence-corrected chi connectivity index (χ4v) is 2.64. The average Bonchev–Trinajstić information content (AvgIpc) is 2.60. The monoisotopic (exact) mass is 362 g/mol. The summed E-state index contributed by atoms with van der Waals surface area (Å²) in [7, 11) is 1.50. The Morgan fingerprint density at radius 2 is 1.88 bits per heavy atom. The number of ketones is 1. The molecule has 0 aliphatic carbocycles. The van der Waals surface area contributed by atoms with Gasteiger partial charge in [0.25, 0.3) is 0 Å². The largest absolute Gasteiger partial charge is 0.497 e. The van der Waals surface area contributed by atoms with Gasteiger partial charge < -0.3 is 25.7 Å². The van der Waals surface area contributed by atoms with E-state index in [2.05, 4.69) is 0 Å². The molecule has 0 saturated carbocycles. The summed E-state index contributed by atoms with van der Waals surface area (Å²) in [6, 6.07) is 4.57. The number of ether oxygens (including phenoxy) is 1. The van der Waals surface area contributed by atoms with Crippen LogP contribution in [0.2, 0.25) is 0 Å². The highest BCUT2D eigenvalue weighted by molar-refractivity contribution is 5.91. The topological polar surface area (TPSA) is 146 Å². The molecule has 26 heavy (non-hydrogen) atoms. The highest BCUT2D eigenvalue weighted by Gasteiger charge is 2.18. The Balaban J connectivity index is 2.08. The van der Waals surface area contributed by atoms with Crippen LogP contribution in [0, 0.1) is 0 Å². The van der Waals surface area contributed by atoms with Crippen molar-refractivity contribution < 1.29 is 23.8 Å². The van der Waals surface area contributed by atoms with Gasteiger partial charge in [-0.05, 0) is 37.0 Å². The lowest BCUT2D eigenvalue weighted by Gasteiger charge is -2.12. The molecule has 0 aliphatic heterocycles. The molecule has 0 aliphatic rings. The molecule has 1 heterocycles. The van der Waals surface area contributed by atoms with Crippen LogP contribution in [0.1, 0.15) is 24.8 Å². The van der Waals surface area contributed by atoms with E-state index in [-0.39, 0.29) is 18.6 Å². The van der Waals surface area contributed by atoms with Crippen LogP contribution in [-0.4, -0.2) is 36.1 Å². The van der Waals surface area contributed by atoms with Gasteiger partial charge in [0.15, 0.2) is 5.78 Å². The van der Waals surface area contributed by atoms with E-state index >= 15 is 0 Å². The zero-order valence-corrected chi connectivity index (χ0v) is 14.4. The zero-order valence-electron chi connectivity index (χ0n) is 14.4. The molecule has 2 atom stereocenters. The number of aliphatic carboxylic acids is 1. The maximum absolute atomic E-state index is 12.4. The summed E-state index contributed by atoms with van der Waals surface area (Å²) in [5.74, 6) is -0.782. The van der Waals surface area contributed by atoms with Crippen LogP contribution in [0.25, 0.3) is 11.0 Å². The van der Waals surface area contributed by atoms with Crippen molar-refractivity contribution in [3.8, 4) is 5.75 Å². The summed E-state index contributed by atoms with van der Waals surface area (Å²) in [5, 5.41) is 9.38. The first-order valence-electron chi connectivity index (χ1n) is 8.19. The molecular weight excluding hydrogens is 340 g/mol. The third-order valence-corrected chi connectivity index (χ3v) is 4.16. The summed E-state index contributed by atoms with van der Waals surface area (Å²) in [5.41, 5.74) is 11.6. The second-order valence-corrected chi connectivity index (χ2v) is 6.08. The average molecular weight is 362 g/mol. The molecule has 8 heteroatoms. The molecule has 0 amide bonds. The van der Waals surface area contributed by atoms with Crippen LogP contribution in [0.15, 0.2) is 33.5 Å². The second-order valence-electron chi connectivity index (χ2n) is 6.08. The SMILES string of the molecule is COc1ccc2c(CC(=O)C(N)CCC[C@H](N)C(=O)O)cc(=O)oc2c1. The van der Waals surface area contributed by atoms with Crippen LogP contribution in [0.3, 0.4) is 0 Å². The third-order valence-electron chi connectivity index (χ3n) is 4.16. The molecule has 1 aromatic carbocycles. The Kier molecular flexibility index (Phi) is 6.48. The number of fused-ring (bicyclic) bond motifs is 1. The first-order valence-corrected chi connectivity index (χ1v) is 8.19. The lowest BCUT2D eigenvalue weighted by molar-refractivity contribution is -0.138. The van der Waals surface area contributed by atoms with Crippen molar-refractivity contribution >= 4 is 22.7 Å². The molecule has 8 nitrogen and oxygen atoms in total. The quantitative estimate of drug-likeness (QED) is 0.556. The lowest BCUT2D eigenvalue weighted by atomic mass is 9.97. The molecule has 0 spiro atoms. The Hall–Kier alpha value is -2.71. The van der Waals surface area contributed by atoms with E-state index in [0.717, 1.165) is 0 Å². The number of carbonyl (C=O) groups is 2. The van der Waals surface area contributed by atoms with E-state index in [1.165, 1.54) is 13.2 Å².